The molecule has 2 unspecified atom stereocenters. The van der Waals surface area contributed by atoms with Crippen LogP contribution in [0.5, 0.6) is 0 Å². The number of nitriles is 1. The number of hydrogen-bond acceptors (Lipinski definition) is 3. The van der Waals surface area contributed by atoms with Gasteiger partial charge in [0.05, 0.1) is 12.2 Å². The van der Waals surface area contributed by atoms with Crippen LogP contribution >= 0.6 is 0 Å². The SMILES string of the molecule is N#Cc1ccnn1C1CCCCC1CN. The summed E-state index contributed by atoms with van der Waals surface area (Å²) in [4.78, 5) is 0. The molecule has 0 bridgehead atoms. The van der Waals surface area contributed by atoms with Gasteiger partial charge in [-0.15, -0.1) is 0 Å². The molecule has 1 fully saturated rings. The standard InChI is InChI=1S/C11H16N4/c12-7-9-3-1-2-4-11(9)15-10(8-13)5-6-14-15/h5-6,9,11H,1-4,7,12H2. The molecule has 2 N–H and O–H groups in total. The molecular weight excluding hydrogens is 188 g/mol. The van der Waals surface area contributed by atoms with E-state index >= 15 is 0 Å². The Morgan fingerprint density at radius 3 is 3.07 bits per heavy atom. The lowest BCUT2D eigenvalue weighted by Gasteiger charge is -2.31. The molecule has 1 heterocycles. The maximum atomic E-state index is 8.95. The largest absolute Gasteiger partial charge is 0.330 e. The van der Waals surface area contributed by atoms with E-state index in [1.807, 2.05) is 4.68 Å². The van der Waals surface area contributed by atoms with Gasteiger partial charge in [0.2, 0.25) is 0 Å². The topological polar surface area (TPSA) is 67.6 Å². The first kappa shape index (κ1) is 10.2. The van der Waals surface area contributed by atoms with Crippen molar-refractivity contribution in [1.29, 1.82) is 5.26 Å². The summed E-state index contributed by atoms with van der Waals surface area (Å²) < 4.78 is 1.86. The second-order valence-electron chi connectivity index (χ2n) is 4.12. The summed E-state index contributed by atoms with van der Waals surface area (Å²) in [7, 11) is 0. The van der Waals surface area contributed by atoms with E-state index in [2.05, 4.69) is 11.2 Å². The highest BCUT2D eigenvalue weighted by Gasteiger charge is 2.27. The zero-order chi connectivity index (χ0) is 10.7. The molecule has 15 heavy (non-hydrogen) atoms. The summed E-state index contributed by atoms with van der Waals surface area (Å²) in [6.07, 6.45) is 6.41. The van der Waals surface area contributed by atoms with E-state index in [0.29, 0.717) is 24.2 Å². The van der Waals surface area contributed by atoms with Gasteiger partial charge >= 0.3 is 0 Å². The van der Waals surface area contributed by atoms with Crippen LogP contribution in [-0.2, 0) is 0 Å². The Bertz CT molecular complexity index is 363. The lowest BCUT2D eigenvalue weighted by molar-refractivity contribution is 0.227. The molecule has 0 amide bonds. The third-order valence-corrected chi connectivity index (χ3v) is 3.27. The van der Waals surface area contributed by atoms with Gasteiger partial charge in [0.25, 0.3) is 0 Å². The summed E-state index contributed by atoms with van der Waals surface area (Å²) >= 11 is 0. The Morgan fingerprint density at radius 2 is 2.33 bits per heavy atom. The zero-order valence-corrected chi connectivity index (χ0v) is 8.76. The van der Waals surface area contributed by atoms with Crippen molar-refractivity contribution >= 4 is 0 Å². The highest BCUT2D eigenvalue weighted by molar-refractivity contribution is 5.19. The molecule has 80 valence electrons. The Morgan fingerprint density at radius 1 is 1.53 bits per heavy atom. The summed E-state index contributed by atoms with van der Waals surface area (Å²) in [6, 6.07) is 4.27. The van der Waals surface area contributed by atoms with Crippen molar-refractivity contribution in [3.05, 3.63) is 18.0 Å². The van der Waals surface area contributed by atoms with E-state index < -0.39 is 0 Å². The molecule has 2 rings (SSSR count). The molecule has 4 nitrogen and oxygen atoms in total. The van der Waals surface area contributed by atoms with Gasteiger partial charge in [-0.25, -0.2) is 0 Å². The molecule has 0 radical (unpaired) electrons. The Hall–Kier alpha value is -1.34. The van der Waals surface area contributed by atoms with Crippen LogP contribution in [0.25, 0.3) is 0 Å². The van der Waals surface area contributed by atoms with Crippen LogP contribution in [-0.4, -0.2) is 16.3 Å². The zero-order valence-electron chi connectivity index (χ0n) is 8.76. The molecular formula is C11H16N4. The van der Waals surface area contributed by atoms with Gasteiger partial charge in [0.1, 0.15) is 11.8 Å². The van der Waals surface area contributed by atoms with Crippen molar-refractivity contribution in [2.75, 3.05) is 6.54 Å². The van der Waals surface area contributed by atoms with E-state index in [0.717, 1.165) is 12.8 Å². The fraction of sp³-hybridized carbons (Fsp3) is 0.636. The first-order chi connectivity index (χ1) is 7.36. The minimum atomic E-state index is 0.327. The number of nitrogens with two attached hydrogens (primary N) is 1. The van der Waals surface area contributed by atoms with Gasteiger partial charge in [0, 0.05) is 0 Å². The highest BCUT2D eigenvalue weighted by atomic mass is 15.3. The Kier molecular flexibility index (Phi) is 3.02. The van der Waals surface area contributed by atoms with Gasteiger partial charge in [-0.3, -0.25) is 4.68 Å². The average Bonchev–Trinajstić information content (AvgIpc) is 2.76. The maximum Gasteiger partial charge on any atom is 0.138 e. The minimum absolute atomic E-state index is 0.327. The third kappa shape index (κ3) is 1.88. The van der Waals surface area contributed by atoms with Crippen LogP contribution in [0.1, 0.15) is 37.4 Å². The van der Waals surface area contributed by atoms with E-state index in [4.69, 9.17) is 11.0 Å². The molecule has 1 saturated carbocycles. The third-order valence-electron chi connectivity index (χ3n) is 3.27. The molecule has 1 aliphatic rings. The van der Waals surface area contributed by atoms with Crippen LogP contribution in [0, 0.1) is 17.2 Å². The Labute approximate surface area is 89.7 Å². The molecule has 4 heteroatoms. The van der Waals surface area contributed by atoms with Crippen LogP contribution in [0.4, 0.5) is 0 Å². The Balaban J connectivity index is 2.24. The lowest BCUT2D eigenvalue weighted by Crippen LogP contribution is -2.30. The number of rotatable bonds is 2. The molecule has 1 aromatic heterocycles. The van der Waals surface area contributed by atoms with Crippen molar-refractivity contribution < 1.29 is 0 Å². The lowest BCUT2D eigenvalue weighted by atomic mass is 9.84. The predicted octanol–water partition coefficient (Wildman–Crippen LogP) is 1.44. The fourth-order valence-corrected chi connectivity index (χ4v) is 2.45. The predicted molar refractivity (Wildman–Crippen MR) is 57.0 cm³/mol. The number of hydrogen-bond donors (Lipinski definition) is 1. The molecule has 1 aromatic rings. The van der Waals surface area contributed by atoms with Gasteiger partial charge in [0.15, 0.2) is 0 Å². The van der Waals surface area contributed by atoms with E-state index in [1.54, 1.807) is 12.3 Å². The van der Waals surface area contributed by atoms with Crippen molar-refractivity contribution in [2.45, 2.75) is 31.7 Å². The van der Waals surface area contributed by atoms with Crippen LogP contribution in [0.2, 0.25) is 0 Å². The van der Waals surface area contributed by atoms with Crippen LogP contribution in [0.15, 0.2) is 12.3 Å². The summed E-state index contributed by atoms with van der Waals surface area (Å²) in [6.45, 7) is 0.690. The minimum Gasteiger partial charge on any atom is -0.330 e. The smallest absolute Gasteiger partial charge is 0.138 e. The maximum absolute atomic E-state index is 8.95. The van der Waals surface area contributed by atoms with Gasteiger partial charge < -0.3 is 5.73 Å². The van der Waals surface area contributed by atoms with Crippen LogP contribution in [0.3, 0.4) is 0 Å². The van der Waals surface area contributed by atoms with Crippen molar-refractivity contribution in [1.82, 2.24) is 9.78 Å². The first-order valence-corrected chi connectivity index (χ1v) is 5.50. The molecule has 0 aliphatic heterocycles. The fourth-order valence-electron chi connectivity index (χ4n) is 2.45. The van der Waals surface area contributed by atoms with E-state index in [9.17, 15) is 0 Å². The molecule has 2 atom stereocenters. The van der Waals surface area contributed by atoms with Gasteiger partial charge in [-0.05, 0) is 31.4 Å². The highest BCUT2D eigenvalue weighted by Crippen LogP contribution is 2.33. The summed E-state index contributed by atoms with van der Waals surface area (Å²) in [5, 5.41) is 13.2. The summed E-state index contributed by atoms with van der Waals surface area (Å²) in [5.74, 6) is 0.478. The second kappa shape index (κ2) is 4.45. The van der Waals surface area contributed by atoms with Gasteiger partial charge in [-0.2, -0.15) is 10.4 Å². The van der Waals surface area contributed by atoms with Gasteiger partial charge in [-0.1, -0.05) is 12.8 Å². The van der Waals surface area contributed by atoms with E-state index in [-0.39, 0.29) is 0 Å². The monoisotopic (exact) mass is 204 g/mol. The van der Waals surface area contributed by atoms with E-state index in [1.165, 1.54) is 12.8 Å². The first-order valence-electron chi connectivity index (χ1n) is 5.50. The molecule has 0 spiro atoms. The normalized spacial score (nSPS) is 26.1. The second-order valence-corrected chi connectivity index (χ2v) is 4.12. The molecule has 0 aromatic carbocycles. The molecule has 0 saturated heterocycles. The summed E-state index contributed by atoms with van der Waals surface area (Å²) in [5.41, 5.74) is 6.42. The van der Waals surface area contributed by atoms with Crippen molar-refractivity contribution in [3.63, 3.8) is 0 Å². The molecule has 1 aliphatic carbocycles. The van der Waals surface area contributed by atoms with Crippen molar-refractivity contribution in [2.24, 2.45) is 11.7 Å². The number of nitrogens with zero attached hydrogens (tertiary/aromatic N) is 3. The van der Waals surface area contributed by atoms with Crippen molar-refractivity contribution in [3.8, 4) is 6.07 Å². The quantitative estimate of drug-likeness (QED) is 0.792. The van der Waals surface area contributed by atoms with Crippen LogP contribution < -0.4 is 5.73 Å². The average molecular weight is 204 g/mol. The number of aromatic nitrogens is 2.